The van der Waals surface area contributed by atoms with Crippen molar-refractivity contribution in [3.63, 3.8) is 0 Å². The Morgan fingerprint density at radius 1 is 1.04 bits per heavy atom. The Morgan fingerprint density at radius 3 is 2.48 bits per heavy atom. The van der Waals surface area contributed by atoms with Crippen molar-refractivity contribution in [2.75, 3.05) is 13.1 Å². The molecule has 2 aromatic rings. The van der Waals surface area contributed by atoms with Crippen LogP contribution in [-0.2, 0) is 6.54 Å². The van der Waals surface area contributed by atoms with Gasteiger partial charge in [0.15, 0.2) is 5.82 Å². The molecule has 0 spiro atoms. The topological polar surface area (TPSA) is 70.1 Å². The highest BCUT2D eigenvalue weighted by molar-refractivity contribution is 5.57. The molecule has 0 atom stereocenters. The largest absolute Gasteiger partial charge is 0.357 e. The smallest absolute Gasteiger partial charge is 0.177 e. The van der Waals surface area contributed by atoms with Crippen LogP contribution in [0.3, 0.4) is 0 Å². The van der Waals surface area contributed by atoms with Gasteiger partial charge in [-0.25, -0.2) is 0 Å². The first-order valence-electron chi connectivity index (χ1n) is 8.44. The average molecular weight is 310 g/mol. The van der Waals surface area contributed by atoms with Gasteiger partial charge in [0.2, 0.25) is 0 Å². The molecule has 0 amide bonds. The maximum Gasteiger partial charge on any atom is 0.177 e. The number of nitrogens with one attached hydrogen (secondary N) is 1. The van der Waals surface area contributed by atoms with Gasteiger partial charge in [-0.3, -0.25) is 4.99 Å². The lowest BCUT2D eigenvalue weighted by Gasteiger charge is -2.27. The van der Waals surface area contributed by atoms with Crippen LogP contribution in [-0.4, -0.2) is 45.0 Å². The minimum Gasteiger partial charge on any atom is -0.357 e. The van der Waals surface area contributed by atoms with Gasteiger partial charge in [0, 0.05) is 19.0 Å². The Morgan fingerprint density at radius 2 is 1.83 bits per heavy atom. The van der Waals surface area contributed by atoms with Gasteiger partial charge in [0.05, 0.1) is 12.9 Å². The van der Waals surface area contributed by atoms with E-state index in [2.05, 4.69) is 54.8 Å². The summed E-state index contributed by atoms with van der Waals surface area (Å²) in [4.78, 5) is 6.53. The van der Waals surface area contributed by atoms with Gasteiger partial charge >= 0.3 is 0 Å². The molecule has 2 aliphatic rings. The minimum atomic E-state index is 0.471. The van der Waals surface area contributed by atoms with E-state index < -0.39 is 0 Å². The van der Waals surface area contributed by atoms with Crippen molar-refractivity contribution in [1.82, 2.24) is 25.5 Å². The zero-order valence-corrected chi connectivity index (χ0v) is 13.2. The van der Waals surface area contributed by atoms with E-state index in [4.69, 9.17) is 0 Å². The van der Waals surface area contributed by atoms with Crippen molar-refractivity contribution in [3.8, 4) is 0 Å². The van der Waals surface area contributed by atoms with Crippen LogP contribution in [0.5, 0.6) is 0 Å². The van der Waals surface area contributed by atoms with Crippen molar-refractivity contribution in [2.24, 2.45) is 4.99 Å². The monoisotopic (exact) mass is 310 g/mol. The fourth-order valence-electron chi connectivity index (χ4n) is 3.69. The molecule has 0 unspecified atom stereocenters. The maximum atomic E-state index is 4.26. The molecular weight excluding hydrogens is 288 g/mol. The summed E-state index contributed by atoms with van der Waals surface area (Å²) in [7, 11) is 0. The molecule has 0 bridgehead atoms. The van der Waals surface area contributed by atoms with Gasteiger partial charge in [-0.2, -0.15) is 5.21 Å². The molecule has 6 nitrogen and oxygen atoms in total. The van der Waals surface area contributed by atoms with Crippen molar-refractivity contribution in [1.29, 1.82) is 0 Å². The molecule has 1 aliphatic heterocycles. The van der Waals surface area contributed by atoms with Gasteiger partial charge < -0.3 is 4.90 Å². The van der Waals surface area contributed by atoms with Gasteiger partial charge in [-0.05, 0) is 42.7 Å². The van der Waals surface area contributed by atoms with Crippen LogP contribution in [0.4, 0.5) is 0 Å². The van der Waals surface area contributed by atoms with E-state index in [1.165, 1.54) is 24.0 Å². The SMILES string of the molecule is C1=NCCN1Cc1ccc(C2CCC(c3nn[nH]n3)CC2)cc1. The van der Waals surface area contributed by atoms with E-state index in [-0.39, 0.29) is 0 Å². The lowest BCUT2D eigenvalue weighted by Crippen LogP contribution is -2.18. The number of hydrogen-bond donors (Lipinski definition) is 1. The number of tetrazole rings is 1. The lowest BCUT2D eigenvalue weighted by atomic mass is 9.78. The third-order valence-corrected chi connectivity index (χ3v) is 5.05. The Hall–Kier alpha value is -2.24. The molecule has 120 valence electrons. The molecule has 1 aromatic heterocycles. The van der Waals surface area contributed by atoms with E-state index in [1.54, 1.807) is 0 Å². The average Bonchev–Trinajstić information content (AvgIpc) is 3.30. The number of aromatic amines is 1. The van der Waals surface area contributed by atoms with E-state index in [9.17, 15) is 0 Å². The summed E-state index contributed by atoms with van der Waals surface area (Å²) in [5.74, 6) is 2.02. The highest BCUT2D eigenvalue weighted by Gasteiger charge is 2.25. The van der Waals surface area contributed by atoms with Crippen LogP contribution < -0.4 is 0 Å². The van der Waals surface area contributed by atoms with Crippen LogP contribution in [0.2, 0.25) is 0 Å². The predicted octanol–water partition coefficient (Wildman–Crippen LogP) is 2.49. The molecular formula is C17H22N6. The van der Waals surface area contributed by atoms with Crippen LogP contribution in [0.15, 0.2) is 29.3 Å². The van der Waals surface area contributed by atoms with E-state index in [1.807, 2.05) is 6.34 Å². The molecule has 1 aromatic carbocycles. The Balaban J connectivity index is 1.34. The maximum absolute atomic E-state index is 4.26. The molecule has 1 aliphatic carbocycles. The summed E-state index contributed by atoms with van der Waals surface area (Å²) in [6, 6.07) is 9.16. The second-order valence-corrected chi connectivity index (χ2v) is 6.55. The summed E-state index contributed by atoms with van der Waals surface area (Å²) in [6.45, 7) is 2.94. The Labute approximate surface area is 136 Å². The molecule has 4 rings (SSSR count). The second-order valence-electron chi connectivity index (χ2n) is 6.55. The van der Waals surface area contributed by atoms with Crippen molar-refractivity contribution in [3.05, 3.63) is 41.2 Å². The molecule has 2 heterocycles. The molecule has 6 heteroatoms. The molecule has 23 heavy (non-hydrogen) atoms. The number of nitrogens with zero attached hydrogens (tertiary/aromatic N) is 5. The number of H-pyrrole nitrogens is 1. The van der Waals surface area contributed by atoms with Gasteiger partial charge in [0.1, 0.15) is 0 Å². The zero-order valence-electron chi connectivity index (χ0n) is 13.2. The first kappa shape index (κ1) is 14.4. The van der Waals surface area contributed by atoms with Gasteiger partial charge in [0.25, 0.3) is 0 Å². The Kier molecular flexibility index (Phi) is 4.05. The fourth-order valence-corrected chi connectivity index (χ4v) is 3.69. The first-order valence-corrected chi connectivity index (χ1v) is 8.44. The summed E-state index contributed by atoms with van der Waals surface area (Å²) in [6.07, 6.45) is 6.67. The first-order chi connectivity index (χ1) is 11.4. The quantitative estimate of drug-likeness (QED) is 0.942. The highest BCUT2D eigenvalue weighted by Crippen LogP contribution is 2.39. The fraction of sp³-hybridized carbons (Fsp3) is 0.529. The summed E-state index contributed by atoms with van der Waals surface area (Å²) < 4.78 is 0. The molecule has 0 saturated heterocycles. The Bertz CT molecular complexity index is 640. The normalized spacial score (nSPS) is 24.3. The molecule has 0 radical (unpaired) electrons. The summed E-state index contributed by atoms with van der Waals surface area (Å²) in [5, 5.41) is 14.5. The van der Waals surface area contributed by atoms with E-state index >= 15 is 0 Å². The van der Waals surface area contributed by atoms with Gasteiger partial charge in [-0.15, -0.1) is 10.2 Å². The molecule has 1 saturated carbocycles. The second kappa shape index (κ2) is 6.48. The summed E-state index contributed by atoms with van der Waals surface area (Å²) in [5.41, 5.74) is 2.83. The zero-order chi connectivity index (χ0) is 15.5. The van der Waals surface area contributed by atoms with Crippen LogP contribution in [0.1, 0.15) is 54.5 Å². The number of rotatable bonds is 4. The van der Waals surface area contributed by atoms with Crippen molar-refractivity contribution < 1.29 is 0 Å². The van der Waals surface area contributed by atoms with E-state index in [0.717, 1.165) is 38.3 Å². The standard InChI is InChI=1S/C17H22N6/c1-3-14(4-2-13(1)11-23-10-9-18-12-23)15-5-7-16(8-6-15)17-19-21-22-20-17/h1-4,12,15-16H,5-11H2,(H,19,20,21,22). The van der Waals surface area contributed by atoms with E-state index in [0.29, 0.717) is 11.8 Å². The number of hydrogen-bond acceptors (Lipinski definition) is 5. The van der Waals surface area contributed by atoms with Crippen LogP contribution >= 0.6 is 0 Å². The summed E-state index contributed by atoms with van der Waals surface area (Å²) >= 11 is 0. The predicted molar refractivity (Wildman–Crippen MR) is 88.3 cm³/mol. The number of aromatic nitrogens is 4. The highest BCUT2D eigenvalue weighted by atomic mass is 15.5. The minimum absolute atomic E-state index is 0.471. The molecule has 1 fully saturated rings. The third kappa shape index (κ3) is 3.25. The van der Waals surface area contributed by atoms with Crippen LogP contribution in [0, 0.1) is 0 Å². The molecule has 1 N–H and O–H groups in total. The third-order valence-electron chi connectivity index (χ3n) is 5.05. The number of aliphatic imine (C=N–C) groups is 1. The van der Waals surface area contributed by atoms with Crippen molar-refractivity contribution >= 4 is 6.34 Å². The number of benzene rings is 1. The lowest BCUT2D eigenvalue weighted by molar-refractivity contribution is 0.385. The van der Waals surface area contributed by atoms with Crippen molar-refractivity contribution in [2.45, 2.75) is 44.1 Å². The van der Waals surface area contributed by atoms with Crippen LogP contribution in [0.25, 0.3) is 0 Å². The van der Waals surface area contributed by atoms with Gasteiger partial charge in [-0.1, -0.05) is 29.5 Å².